The van der Waals surface area contributed by atoms with E-state index >= 15 is 0 Å². The van der Waals surface area contributed by atoms with Gasteiger partial charge in [-0.15, -0.1) is 0 Å². The fourth-order valence-electron chi connectivity index (χ4n) is 1.39. The van der Waals surface area contributed by atoms with Crippen molar-refractivity contribution >= 4 is 17.7 Å². The molecule has 0 saturated carbocycles. The lowest BCUT2D eigenvalue weighted by Crippen LogP contribution is -2.44. The molecule has 4 nitrogen and oxygen atoms in total. The summed E-state index contributed by atoms with van der Waals surface area (Å²) < 4.78 is 0. The minimum atomic E-state index is -0.364. The van der Waals surface area contributed by atoms with E-state index in [1.54, 1.807) is 11.8 Å². The predicted octanol–water partition coefficient (Wildman–Crippen LogP) is 0.913. The van der Waals surface area contributed by atoms with E-state index in [-0.39, 0.29) is 11.9 Å². The van der Waals surface area contributed by atoms with Gasteiger partial charge in [-0.25, -0.2) is 0 Å². The molecule has 0 aliphatic carbocycles. The Balaban J connectivity index is 3.70. The first-order chi connectivity index (χ1) is 8.02. The van der Waals surface area contributed by atoms with Gasteiger partial charge < -0.3 is 16.0 Å². The molecule has 1 unspecified atom stereocenters. The predicted molar refractivity (Wildman–Crippen MR) is 76.4 cm³/mol. The first kappa shape index (κ1) is 16.7. The largest absolute Gasteiger partial charge is 0.353 e. The van der Waals surface area contributed by atoms with Crippen molar-refractivity contribution < 1.29 is 4.79 Å². The SMILES string of the molecule is CCC(C)N(C)CCNC(=O)[C@@H](N)CCSC. The second kappa shape index (κ2) is 9.74. The van der Waals surface area contributed by atoms with Gasteiger partial charge in [0.15, 0.2) is 0 Å². The molecule has 0 aromatic heterocycles. The highest BCUT2D eigenvalue weighted by molar-refractivity contribution is 7.98. The van der Waals surface area contributed by atoms with Crippen LogP contribution in [0.15, 0.2) is 0 Å². The molecular formula is C12H27N3OS. The van der Waals surface area contributed by atoms with E-state index in [2.05, 4.69) is 31.1 Å². The van der Waals surface area contributed by atoms with Gasteiger partial charge in [0.25, 0.3) is 0 Å². The molecule has 2 atom stereocenters. The zero-order valence-corrected chi connectivity index (χ0v) is 12.3. The van der Waals surface area contributed by atoms with E-state index in [9.17, 15) is 4.79 Å². The molecule has 0 aromatic carbocycles. The summed E-state index contributed by atoms with van der Waals surface area (Å²) in [5.74, 6) is 0.901. The molecule has 0 rings (SSSR count). The summed E-state index contributed by atoms with van der Waals surface area (Å²) >= 11 is 1.71. The highest BCUT2D eigenvalue weighted by atomic mass is 32.2. The Kier molecular flexibility index (Phi) is 9.59. The number of hydrogen-bond acceptors (Lipinski definition) is 4. The van der Waals surface area contributed by atoms with Gasteiger partial charge in [-0.3, -0.25) is 4.79 Å². The average Bonchev–Trinajstić information content (AvgIpc) is 2.34. The third-order valence-corrected chi connectivity index (χ3v) is 3.72. The second-order valence-electron chi connectivity index (χ2n) is 4.42. The highest BCUT2D eigenvalue weighted by Gasteiger charge is 2.12. The zero-order valence-electron chi connectivity index (χ0n) is 11.5. The Morgan fingerprint density at radius 1 is 1.53 bits per heavy atom. The molecule has 0 aliphatic heterocycles. The first-order valence-corrected chi connectivity index (χ1v) is 7.64. The maximum atomic E-state index is 11.6. The van der Waals surface area contributed by atoms with Crippen molar-refractivity contribution in [2.24, 2.45) is 5.73 Å². The summed E-state index contributed by atoms with van der Waals surface area (Å²) in [5.41, 5.74) is 5.77. The van der Waals surface area contributed by atoms with Crippen molar-refractivity contribution in [3.05, 3.63) is 0 Å². The van der Waals surface area contributed by atoms with Crippen molar-refractivity contribution in [3.63, 3.8) is 0 Å². The normalized spacial score (nSPS) is 14.7. The van der Waals surface area contributed by atoms with Gasteiger partial charge in [-0.05, 0) is 38.8 Å². The Bertz CT molecular complexity index is 214. The molecule has 0 aliphatic rings. The Labute approximate surface area is 110 Å². The third kappa shape index (κ3) is 7.63. The molecule has 5 heteroatoms. The molecule has 0 aromatic rings. The van der Waals surface area contributed by atoms with Gasteiger partial charge in [0.05, 0.1) is 6.04 Å². The summed E-state index contributed by atoms with van der Waals surface area (Å²) in [5, 5.41) is 2.89. The number of rotatable bonds is 9. The Hall–Kier alpha value is -0.260. The van der Waals surface area contributed by atoms with Gasteiger partial charge in [0.2, 0.25) is 5.91 Å². The van der Waals surface area contributed by atoms with Crippen molar-refractivity contribution in [2.75, 3.05) is 32.1 Å². The van der Waals surface area contributed by atoms with Gasteiger partial charge in [-0.1, -0.05) is 6.92 Å². The lowest BCUT2D eigenvalue weighted by molar-refractivity contribution is -0.122. The van der Waals surface area contributed by atoms with Gasteiger partial charge >= 0.3 is 0 Å². The van der Waals surface area contributed by atoms with Crippen LogP contribution in [0.5, 0.6) is 0 Å². The standard InChI is InChI=1S/C12H27N3OS/c1-5-10(2)15(3)8-7-14-12(16)11(13)6-9-17-4/h10-11H,5-9,13H2,1-4H3,(H,14,16)/t10?,11-/m0/s1. The zero-order chi connectivity index (χ0) is 13.3. The fourth-order valence-corrected chi connectivity index (χ4v) is 1.88. The highest BCUT2D eigenvalue weighted by Crippen LogP contribution is 2.00. The molecule has 0 saturated heterocycles. The van der Waals surface area contributed by atoms with Crippen molar-refractivity contribution in [1.82, 2.24) is 10.2 Å². The van der Waals surface area contributed by atoms with Crippen molar-refractivity contribution in [2.45, 2.75) is 38.8 Å². The molecule has 0 fully saturated rings. The van der Waals surface area contributed by atoms with Crippen LogP contribution in [0.25, 0.3) is 0 Å². The molecule has 0 radical (unpaired) electrons. The fraction of sp³-hybridized carbons (Fsp3) is 0.917. The molecule has 0 bridgehead atoms. The van der Waals surface area contributed by atoms with Crippen LogP contribution < -0.4 is 11.1 Å². The van der Waals surface area contributed by atoms with Crippen molar-refractivity contribution in [1.29, 1.82) is 0 Å². The van der Waals surface area contributed by atoms with Crippen LogP contribution in [-0.4, -0.2) is 55.0 Å². The monoisotopic (exact) mass is 261 g/mol. The number of nitrogens with two attached hydrogens (primary N) is 1. The van der Waals surface area contributed by atoms with Gasteiger partial charge in [0, 0.05) is 19.1 Å². The van der Waals surface area contributed by atoms with Crippen LogP contribution in [0.1, 0.15) is 26.7 Å². The van der Waals surface area contributed by atoms with E-state index in [0.29, 0.717) is 12.6 Å². The van der Waals surface area contributed by atoms with E-state index in [0.717, 1.165) is 25.1 Å². The van der Waals surface area contributed by atoms with Crippen LogP contribution in [-0.2, 0) is 4.79 Å². The number of carbonyl (C=O) groups is 1. The minimum Gasteiger partial charge on any atom is -0.353 e. The maximum absolute atomic E-state index is 11.6. The van der Waals surface area contributed by atoms with Crippen molar-refractivity contribution in [3.8, 4) is 0 Å². The smallest absolute Gasteiger partial charge is 0.236 e. The number of hydrogen-bond donors (Lipinski definition) is 2. The number of likely N-dealkylation sites (N-methyl/N-ethyl adjacent to an activating group) is 1. The summed E-state index contributed by atoms with van der Waals surface area (Å²) in [6.07, 6.45) is 3.89. The Morgan fingerprint density at radius 2 is 2.18 bits per heavy atom. The quantitative estimate of drug-likeness (QED) is 0.648. The van der Waals surface area contributed by atoms with E-state index in [1.165, 1.54) is 0 Å². The van der Waals surface area contributed by atoms with Crippen LogP contribution in [0, 0.1) is 0 Å². The van der Waals surface area contributed by atoms with Gasteiger partial charge in [0.1, 0.15) is 0 Å². The van der Waals surface area contributed by atoms with Crippen LogP contribution >= 0.6 is 11.8 Å². The molecular weight excluding hydrogens is 234 g/mol. The molecule has 1 amide bonds. The summed E-state index contributed by atoms with van der Waals surface area (Å²) in [7, 11) is 2.08. The molecule has 0 spiro atoms. The minimum absolute atomic E-state index is 0.0309. The molecule has 102 valence electrons. The molecule has 0 heterocycles. The van der Waals surface area contributed by atoms with E-state index in [1.807, 2.05) is 6.26 Å². The topological polar surface area (TPSA) is 58.4 Å². The average molecular weight is 261 g/mol. The van der Waals surface area contributed by atoms with E-state index < -0.39 is 0 Å². The van der Waals surface area contributed by atoms with Crippen LogP contribution in [0.3, 0.4) is 0 Å². The van der Waals surface area contributed by atoms with E-state index in [4.69, 9.17) is 5.73 Å². The number of carbonyl (C=O) groups excluding carboxylic acids is 1. The number of nitrogens with zero attached hydrogens (tertiary/aromatic N) is 1. The molecule has 17 heavy (non-hydrogen) atoms. The number of thioether (sulfide) groups is 1. The summed E-state index contributed by atoms with van der Waals surface area (Å²) in [4.78, 5) is 13.8. The maximum Gasteiger partial charge on any atom is 0.236 e. The third-order valence-electron chi connectivity index (χ3n) is 3.08. The van der Waals surface area contributed by atoms with Crippen LogP contribution in [0.2, 0.25) is 0 Å². The Morgan fingerprint density at radius 3 is 2.71 bits per heavy atom. The lowest BCUT2D eigenvalue weighted by Gasteiger charge is -2.23. The number of nitrogens with one attached hydrogen (secondary N) is 1. The number of amides is 1. The first-order valence-electron chi connectivity index (χ1n) is 6.25. The molecule has 3 N–H and O–H groups in total. The van der Waals surface area contributed by atoms with Crippen LogP contribution in [0.4, 0.5) is 0 Å². The lowest BCUT2D eigenvalue weighted by atomic mass is 10.2. The van der Waals surface area contributed by atoms with Gasteiger partial charge in [-0.2, -0.15) is 11.8 Å². The summed E-state index contributed by atoms with van der Waals surface area (Å²) in [6, 6.07) is 0.188. The summed E-state index contributed by atoms with van der Waals surface area (Å²) in [6.45, 7) is 5.90. The second-order valence-corrected chi connectivity index (χ2v) is 5.40.